The average Bonchev–Trinajstić information content (AvgIpc) is 3.18. The van der Waals surface area contributed by atoms with Gasteiger partial charge in [0, 0.05) is 46.9 Å². The van der Waals surface area contributed by atoms with Crippen molar-refractivity contribution in [3.8, 4) is 0 Å². The van der Waals surface area contributed by atoms with Gasteiger partial charge in [0.15, 0.2) is 0 Å². The fourth-order valence-electron chi connectivity index (χ4n) is 4.58. The molecule has 10 heteroatoms. The van der Waals surface area contributed by atoms with Gasteiger partial charge in [-0.25, -0.2) is 8.78 Å². The quantitative estimate of drug-likeness (QED) is 0.557. The van der Waals surface area contributed by atoms with Crippen molar-refractivity contribution in [2.24, 2.45) is 0 Å². The van der Waals surface area contributed by atoms with Crippen LogP contribution in [-0.4, -0.2) is 49.0 Å². The molecule has 0 spiro atoms. The molecule has 3 aromatic rings. The van der Waals surface area contributed by atoms with Crippen molar-refractivity contribution >= 4 is 23.4 Å². The molecule has 0 saturated heterocycles. The van der Waals surface area contributed by atoms with Gasteiger partial charge in [-0.05, 0) is 37.3 Å². The molecule has 7 nitrogen and oxygen atoms in total. The highest BCUT2D eigenvalue weighted by atomic mass is 35.5. The Labute approximate surface area is 199 Å². The fourth-order valence-corrected chi connectivity index (χ4v) is 4.78. The maximum atomic E-state index is 13.4. The molecule has 0 bridgehead atoms. The van der Waals surface area contributed by atoms with Gasteiger partial charge in [-0.2, -0.15) is 5.10 Å². The molecule has 0 unspecified atom stereocenters. The normalized spacial score (nSPS) is 17.7. The number of nitrogens with zero attached hydrogens (tertiary/aromatic N) is 5. The highest BCUT2D eigenvalue weighted by Crippen LogP contribution is 2.32. The first kappa shape index (κ1) is 22.5. The number of pyridine rings is 1. The first-order valence-corrected chi connectivity index (χ1v) is 11.4. The predicted octanol–water partition coefficient (Wildman–Crippen LogP) is 4.11. The Morgan fingerprint density at radius 1 is 1.24 bits per heavy atom. The lowest BCUT2D eigenvalue weighted by molar-refractivity contribution is 0.0636. The second kappa shape index (κ2) is 8.79. The summed E-state index contributed by atoms with van der Waals surface area (Å²) in [5.74, 6) is -0.538. The van der Waals surface area contributed by atoms with Crippen LogP contribution in [0.5, 0.6) is 0 Å². The minimum Gasteiger partial charge on any atom is -0.331 e. The number of alkyl halides is 2. The third-order valence-corrected chi connectivity index (χ3v) is 6.72. The number of benzene rings is 1. The Balaban J connectivity index is 1.43. The van der Waals surface area contributed by atoms with E-state index in [-0.39, 0.29) is 40.6 Å². The summed E-state index contributed by atoms with van der Waals surface area (Å²) < 4.78 is 28.3. The Kier molecular flexibility index (Phi) is 5.81. The number of carbonyl (C=O) groups is 2. The van der Waals surface area contributed by atoms with E-state index in [0.717, 1.165) is 17.5 Å². The van der Waals surface area contributed by atoms with E-state index < -0.39 is 6.43 Å². The largest absolute Gasteiger partial charge is 0.331 e. The maximum Gasteiger partial charge on any atom is 0.272 e. The van der Waals surface area contributed by atoms with Crippen molar-refractivity contribution in [3.05, 3.63) is 81.4 Å². The Morgan fingerprint density at radius 2 is 2.06 bits per heavy atom. The lowest BCUT2D eigenvalue weighted by atomic mass is 9.97. The molecule has 2 aromatic heterocycles. The van der Waals surface area contributed by atoms with Crippen molar-refractivity contribution in [2.75, 3.05) is 6.54 Å². The van der Waals surface area contributed by atoms with Crippen LogP contribution in [0.1, 0.15) is 56.7 Å². The number of carbonyl (C=O) groups excluding carboxylic acids is 2. The summed E-state index contributed by atoms with van der Waals surface area (Å²) in [6.45, 7) is 3.53. The zero-order valence-electron chi connectivity index (χ0n) is 18.4. The maximum absolute atomic E-state index is 13.4. The molecule has 5 rings (SSSR count). The Bertz CT molecular complexity index is 1260. The lowest BCUT2D eigenvalue weighted by Gasteiger charge is -2.34. The highest BCUT2D eigenvalue weighted by Gasteiger charge is 2.37. The van der Waals surface area contributed by atoms with Crippen LogP contribution in [0.2, 0.25) is 5.02 Å². The van der Waals surface area contributed by atoms with Crippen molar-refractivity contribution in [1.29, 1.82) is 0 Å². The topological polar surface area (TPSA) is 71.3 Å². The average molecular weight is 486 g/mol. The number of aromatic nitrogens is 3. The van der Waals surface area contributed by atoms with Gasteiger partial charge in [0.1, 0.15) is 5.69 Å². The molecule has 0 fully saturated rings. The predicted molar refractivity (Wildman–Crippen MR) is 121 cm³/mol. The van der Waals surface area contributed by atoms with Crippen LogP contribution < -0.4 is 0 Å². The molecular formula is C24H22ClF2N5O2. The highest BCUT2D eigenvalue weighted by molar-refractivity contribution is 6.31. The van der Waals surface area contributed by atoms with E-state index in [1.807, 2.05) is 25.1 Å². The molecule has 0 N–H and O–H groups in total. The molecule has 4 heterocycles. The molecule has 0 saturated carbocycles. The van der Waals surface area contributed by atoms with E-state index in [9.17, 15) is 18.4 Å². The van der Waals surface area contributed by atoms with E-state index in [0.29, 0.717) is 37.3 Å². The third kappa shape index (κ3) is 3.94. The third-order valence-electron chi connectivity index (χ3n) is 6.37. The summed E-state index contributed by atoms with van der Waals surface area (Å²) >= 11 is 5.87. The Hall–Kier alpha value is -3.33. The van der Waals surface area contributed by atoms with Crippen molar-refractivity contribution < 1.29 is 18.4 Å². The summed E-state index contributed by atoms with van der Waals surface area (Å²) in [5.41, 5.74) is 2.54. The van der Waals surface area contributed by atoms with Gasteiger partial charge >= 0.3 is 0 Å². The van der Waals surface area contributed by atoms with Gasteiger partial charge in [-0.15, -0.1) is 0 Å². The van der Waals surface area contributed by atoms with Crippen LogP contribution in [0.3, 0.4) is 0 Å². The second-order valence-electron chi connectivity index (χ2n) is 8.57. The van der Waals surface area contributed by atoms with Crippen LogP contribution >= 0.6 is 11.6 Å². The second-order valence-corrected chi connectivity index (χ2v) is 8.98. The zero-order valence-corrected chi connectivity index (χ0v) is 19.2. The number of halogens is 3. The SMILES string of the molecule is C[C@@H]1Cc2nn3c(c2CN1C(=O)c1ccc(Cl)c(C(F)F)c1)C(=O)N(Cc1ccccn1)CC3. The van der Waals surface area contributed by atoms with E-state index in [1.54, 1.807) is 20.7 Å². The first-order valence-electron chi connectivity index (χ1n) is 11.0. The van der Waals surface area contributed by atoms with Gasteiger partial charge in [0.25, 0.3) is 18.2 Å². The molecule has 1 aromatic carbocycles. The van der Waals surface area contributed by atoms with Gasteiger partial charge < -0.3 is 9.80 Å². The minimum atomic E-state index is -2.78. The van der Waals surface area contributed by atoms with Crippen LogP contribution in [0, 0.1) is 0 Å². The monoisotopic (exact) mass is 485 g/mol. The van der Waals surface area contributed by atoms with Crippen LogP contribution in [0.4, 0.5) is 8.78 Å². The van der Waals surface area contributed by atoms with Crippen LogP contribution in [-0.2, 0) is 26.1 Å². The molecule has 0 radical (unpaired) electrons. The molecule has 2 aliphatic rings. The molecule has 0 aliphatic carbocycles. The van der Waals surface area contributed by atoms with E-state index in [2.05, 4.69) is 10.1 Å². The smallest absolute Gasteiger partial charge is 0.272 e. The van der Waals surface area contributed by atoms with Gasteiger partial charge in [0.05, 0.1) is 31.0 Å². The van der Waals surface area contributed by atoms with Crippen LogP contribution in [0.15, 0.2) is 42.6 Å². The molecule has 1 atom stereocenters. The van der Waals surface area contributed by atoms with Crippen molar-refractivity contribution in [2.45, 2.75) is 45.4 Å². The minimum absolute atomic E-state index is 0.0789. The zero-order chi connectivity index (χ0) is 24.0. The summed E-state index contributed by atoms with van der Waals surface area (Å²) in [6.07, 6.45) is -0.614. The van der Waals surface area contributed by atoms with Gasteiger partial charge in [0.2, 0.25) is 0 Å². The van der Waals surface area contributed by atoms with Crippen molar-refractivity contribution in [3.63, 3.8) is 0 Å². The number of amides is 2. The molecule has 176 valence electrons. The molecular weight excluding hydrogens is 464 g/mol. The molecule has 2 aliphatic heterocycles. The summed E-state index contributed by atoms with van der Waals surface area (Å²) in [5, 5.41) is 4.57. The number of hydrogen-bond acceptors (Lipinski definition) is 4. The van der Waals surface area contributed by atoms with Crippen molar-refractivity contribution in [1.82, 2.24) is 24.6 Å². The summed E-state index contributed by atoms with van der Waals surface area (Å²) in [7, 11) is 0. The van der Waals surface area contributed by atoms with E-state index in [4.69, 9.17) is 11.6 Å². The number of fused-ring (bicyclic) bond motifs is 3. The standard InChI is InChI=1S/C24H22ClF2N5O2/c1-14-10-20-18(13-31(14)23(33)15-5-6-19(25)17(11-15)22(26)27)21-24(34)30(8-9-32(21)29-20)12-16-4-2-3-7-28-16/h2-7,11,14,22H,8-10,12-13H2,1H3/t14-/m1/s1. The van der Waals surface area contributed by atoms with Crippen LogP contribution in [0.25, 0.3) is 0 Å². The van der Waals surface area contributed by atoms with Gasteiger partial charge in [-0.3, -0.25) is 19.3 Å². The number of rotatable bonds is 4. The van der Waals surface area contributed by atoms with Gasteiger partial charge in [-0.1, -0.05) is 17.7 Å². The molecule has 2 amide bonds. The lowest BCUT2D eigenvalue weighted by Crippen LogP contribution is -2.44. The van der Waals surface area contributed by atoms with E-state index in [1.165, 1.54) is 12.1 Å². The summed E-state index contributed by atoms with van der Waals surface area (Å²) in [4.78, 5) is 34.3. The fraction of sp³-hybridized carbons (Fsp3) is 0.333. The van der Waals surface area contributed by atoms with E-state index >= 15 is 0 Å². The number of hydrogen-bond donors (Lipinski definition) is 0. The Morgan fingerprint density at radius 3 is 2.79 bits per heavy atom. The summed E-state index contributed by atoms with van der Waals surface area (Å²) in [6, 6.07) is 9.28. The first-order chi connectivity index (χ1) is 16.3. The molecule has 34 heavy (non-hydrogen) atoms.